The van der Waals surface area contributed by atoms with E-state index < -0.39 is 0 Å². The maximum Gasteiger partial charge on any atom is 0.314 e. The lowest BCUT2D eigenvalue weighted by Gasteiger charge is -2.35. The summed E-state index contributed by atoms with van der Waals surface area (Å²) in [5.74, 6) is 1.05. The highest BCUT2D eigenvalue weighted by Crippen LogP contribution is 2.46. The molecule has 4 rings (SSSR count). The third-order valence-electron chi connectivity index (χ3n) is 4.92. The third-order valence-corrected chi connectivity index (χ3v) is 6.03. The van der Waals surface area contributed by atoms with E-state index in [1.165, 1.54) is 15.5 Å². The maximum atomic E-state index is 11.2. The Bertz CT molecular complexity index is 746. The van der Waals surface area contributed by atoms with E-state index in [4.69, 9.17) is 5.73 Å². The van der Waals surface area contributed by atoms with Gasteiger partial charge in [0.05, 0.1) is 10.6 Å². The van der Waals surface area contributed by atoms with E-state index in [-0.39, 0.29) is 6.03 Å². The number of hydrogen-bond acceptors (Lipinski definition) is 5. The first-order valence-electron chi connectivity index (χ1n) is 8.98. The Morgan fingerprint density at radius 2 is 1.81 bits per heavy atom. The number of benzene rings is 1. The van der Waals surface area contributed by atoms with Gasteiger partial charge in [-0.05, 0) is 37.2 Å². The van der Waals surface area contributed by atoms with Crippen molar-refractivity contribution in [2.45, 2.75) is 16.2 Å². The maximum absolute atomic E-state index is 11.2. The second-order valence-electron chi connectivity index (χ2n) is 6.57. The first-order chi connectivity index (χ1) is 12.7. The number of pyridine rings is 1. The molecular formula is C19H23N5OS. The summed E-state index contributed by atoms with van der Waals surface area (Å²) in [5, 5.41) is 0. The van der Waals surface area contributed by atoms with Gasteiger partial charge >= 0.3 is 6.03 Å². The van der Waals surface area contributed by atoms with E-state index >= 15 is 0 Å². The Morgan fingerprint density at radius 3 is 2.62 bits per heavy atom. The summed E-state index contributed by atoms with van der Waals surface area (Å²) in [5.41, 5.74) is 6.59. The molecule has 0 spiro atoms. The fraction of sp³-hybridized carbons (Fsp3) is 0.368. The van der Waals surface area contributed by atoms with Gasteiger partial charge in [0.25, 0.3) is 0 Å². The highest BCUT2D eigenvalue weighted by atomic mass is 32.2. The fourth-order valence-electron chi connectivity index (χ4n) is 3.53. The molecule has 1 saturated heterocycles. The van der Waals surface area contributed by atoms with E-state index in [0.29, 0.717) is 0 Å². The first kappa shape index (κ1) is 17.2. The summed E-state index contributed by atoms with van der Waals surface area (Å²) < 4.78 is 0. The van der Waals surface area contributed by atoms with Gasteiger partial charge in [-0.25, -0.2) is 9.78 Å². The van der Waals surface area contributed by atoms with E-state index in [2.05, 4.69) is 45.1 Å². The van der Waals surface area contributed by atoms with Crippen LogP contribution in [0.5, 0.6) is 0 Å². The summed E-state index contributed by atoms with van der Waals surface area (Å²) in [6, 6.07) is 12.3. The SMILES string of the molecule is NC(=O)N1CCN(CCCN2c3ccccc3Sc3cccnc32)CC1. The van der Waals surface area contributed by atoms with E-state index in [1.807, 2.05) is 12.3 Å². The van der Waals surface area contributed by atoms with Gasteiger partial charge in [0.2, 0.25) is 0 Å². The van der Waals surface area contributed by atoms with Crippen LogP contribution in [0.4, 0.5) is 16.3 Å². The molecule has 1 aromatic heterocycles. The molecule has 2 aromatic rings. The minimum absolute atomic E-state index is 0.310. The number of hydrogen-bond donors (Lipinski definition) is 1. The second-order valence-corrected chi connectivity index (χ2v) is 7.65. The predicted octanol–water partition coefficient (Wildman–Crippen LogP) is 2.77. The smallest absolute Gasteiger partial charge is 0.314 e. The molecule has 0 radical (unpaired) electrons. The number of anilines is 2. The van der Waals surface area contributed by atoms with E-state index in [0.717, 1.165) is 51.5 Å². The number of nitrogens with two attached hydrogens (primary N) is 1. The number of rotatable bonds is 4. The summed E-state index contributed by atoms with van der Waals surface area (Å²) in [7, 11) is 0. The molecule has 0 unspecified atom stereocenters. The second kappa shape index (κ2) is 7.55. The van der Waals surface area contributed by atoms with Crippen LogP contribution in [0.1, 0.15) is 6.42 Å². The van der Waals surface area contributed by atoms with Crippen LogP contribution in [0, 0.1) is 0 Å². The summed E-state index contributed by atoms with van der Waals surface area (Å²) in [6.45, 7) is 5.18. The van der Waals surface area contributed by atoms with E-state index in [9.17, 15) is 4.79 Å². The van der Waals surface area contributed by atoms with Crippen molar-refractivity contribution >= 4 is 29.3 Å². The van der Waals surface area contributed by atoms with Crippen LogP contribution < -0.4 is 10.6 Å². The van der Waals surface area contributed by atoms with Crippen LogP contribution >= 0.6 is 11.8 Å². The van der Waals surface area contributed by atoms with Gasteiger partial charge in [-0.15, -0.1) is 0 Å². The Morgan fingerprint density at radius 1 is 1.04 bits per heavy atom. The van der Waals surface area contributed by atoms with Crippen LogP contribution in [-0.4, -0.2) is 60.1 Å². The van der Waals surface area contributed by atoms with Crippen molar-refractivity contribution in [3.05, 3.63) is 42.6 Å². The van der Waals surface area contributed by atoms with Gasteiger partial charge in [-0.2, -0.15) is 0 Å². The highest BCUT2D eigenvalue weighted by Gasteiger charge is 2.24. The number of aromatic nitrogens is 1. The third kappa shape index (κ3) is 3.50. The van der Waals surface area contributed by atoms with Crippen molar-refractivity contribution in [1.82, 2.24) is 14.8 Å². The monoisotopic (exact) mass is 369 g/mol. The Balaban J connectivity index is 1.40. The van der Waals surface area contributed by atoms with Crippen molar-refractivity contribution in [2.24, 2.45) is 5.73 Å². The molecule has 2 N–H and O–H groups in total. The van der Waals surface area contributed by atoms with Crippen LogP contribution in [0.3, 0.4) is 0 Å². The Kier molecular flexibility index (Phi) is 4.99. The Labute approximate surface area is 158 Å². The van der Waals surface area contributed by atoms with Crippen molar-refractivity contribution in [3.8, 4) is 0 Å². The molecule has 0 aliphatic carbocycles. The zero-order valence-electron chi connectivity index (χ0n) is 14.7. The van der Waals surface area contributed by atoms with Gasteiger partial charge in [0, 0.05) is 43.8 Å². The van der Waals surface area contributed by atoms with Gasteiger partial charge in [-0.1, -0.05) is 23.9 Å². The summed E-state index contributed by atoms with van der Waals surface area (Å²) in [4.78, 5) is 24.8. The van der Waals surface area contributed by atoms with Crippen molar-refractivity contribution in [1.29, 1.82) is 0 Å². The normalized spacial score (nSPS) is 16.9. The topological polar surface area (TPSA) is 65.7 Å². The summed E-state index contributed by atoms with van der Waals surface area (Å²) >= 11 is 1.79. The molecule has 1 fully saturated rings. The number of fused-ring (bicyclic) bond motifs is 2. The summed E-state index contributed by atoms with van der Waals surface area (Å²) in [6.07, 6.45) is 2.91. The van der Waals surface area contributed by atoms with Gasteiger partial charge in [0.1, 0.15) is 5.82 Å². The molecule has 0 bridgehead atoms. The van der Waals surface area contributed by atoms with Crippen LogP contribution in [-0.2, 0) is 0 Å². The molecule has 7 heteroatoms. The van der Waals surface area contributed by atoms with Crippen molar-refractivity contribution in [3.63, 3.8) is 0 Å². The highest BCUT2D eigenvalue weighted by molar-refractivity contribution is 7.99. The lowest BCUT2D eigenvalue weighted by Crippen LogP contribution is -2.50. The fourth-order valence-corrected chi connectivity index (χ4v) is 4.60. The molecule has 6 nitrogen and oxygen atoms in total. The standard InChI is InChI=1S/C19H23N5OS/c20-19(25)23-13-11-22(12-14-23)9-4-10-24-15-5-1-2-6-16(15)26-17-7-3-8-21-18(17)24/h1-3,5-8H,4,9-14H2,(H2,20,25). The molecule has 3 heterocycles. The zero-order valence-corrected chi connectivity index (χ0v) is 15.5. The molecule has 0 atom stereocenters. The molecule has 136 valence electrons. The first-order valence-corrected chi connectivity index (χ1v) is 9.80. The number of carbonyl (C=O) groups excluding carboxylic acids is 1. The number of amides is 2. The van der Waals surface area contributed by atoms with Crippen LogP contribution in [0.2, 0.25) is 0 Å². The van der Waals surface area contributed by atoms with Crippen molar-refractivity contribution < 1.29 is 4.79 Å². The lowest BCUT2D eigenvalue weighted by atomic mass is 10.2. The molecular weight excluding hydrogens is 346 g/mol. The number of primary amides is 1. The largest absolute Gasteiger partial charge is 0.351 e. The Hall–Kier alpha value is -2.25. The molecule has 2 aliphatic rings. The molecule has 26 heavy (non-hydrogen) atoms. The van der Waals surface area contributed by atoms with Gasteiger partial charge in [-0.3, -0.25) is 4.90 Å². The van der Waals surface area contributed by atoms with Crippen LogP contribution in [0.25, 0.3) is 0 Å². The average Bonchev–Trinajstić information content (AvgIpc) is 2.68. The zero-order chi connectivity index (χ0) is 17.9. The van der Waals surface area contributed by atoms with Crippen molar-refractivity contribution in [2.75, 3.05) is 44.2 Å². The van der Waals surface area contributed by atoms with Gasteiger partial charge < -0.3 is 15.5 Å². The quantitative estimate of drug-likeness (QED) is 0.898. The molecule has 1 aromatic carbocycles. The number of carbonyl (C=O) groups is 1. The number of urea groups is 1. The average molecular weight is 369 g/mol. The lowest BCUT2D eigenvalue weighted by molar-refractivity contribution is 0.144. The number of piperazine rings is 1. The van der Waals surface area contributed by atoms with Gasteiger partial charge in [0.15, 0.2) is 0 Å². The molecule has 2 aliphatic heterocycles. The number of nitrogens with zero attached hydrogens (tertiary/aromatic N) is 4. The van der Waals surface area contributed by atoms with E-state index in [1.54, 1.807) is 16.7 Å². The minimum Gasteiger partial charge on any atom is -0.351 e. The molecule has 0 saturated carbocycles. The molecule has 2 amide bonds. The predicted molar refractivity (Wildman–Crippen MR) is 104 cm³/mol. The minimum atomic E-state index is -0.310. The number of para-hydroxylation sites is 1. The van der Waals surface area contributed by atoms with Crippen LogP contribution in [0.15, 0.2) is 52.4 Å².